The van der Waals surface area contributed by atoms with Crippen molar-refractivity contribution in [2.24, 2.45) is 0 Å². The topological polar surface area (TPSA) is 113 Å². The van der Waals surface area contributed by atoms with Crippen molar-refractivity contribution in [3.8, 4) is 0 Å². The summed E-state index contributed by atoms with van der Waals surface area (Å²) in [5.41, 5.74) is 1.49. The summed E-state index contributed by atoms with van der Waals surface area (Å²) in [7, 11) is 0. The minimum absolute atomic E-state index is 0. The molecule has 1 aliphatic carbocycles. The fraction of sp³-hybridized carbons (Fsp3) is 0.364. The number of carboxylic acids is 1. The highest BCUT2D eigenvalue weighted by atomic mass is 79.9. The molecule has 0 saturated heterocycles. The first-order valence-electron chi connectivity index (χ1n) is 10.4. The number of amides is 1. The first kappa shape index (κ1) is 26.5. The van der Waals surface area contributed by atoms with Crippen LogP contribution in [-0.2, 0) is 16.0 Å². The van der Waals surface area contributed by atoms with Gasteiger partial charge in [0.1, 0.15) is 11.7 Å². The highest BCUT2D eigenvalue weighted by Crippen LogP contribution is 2.48. The van der Waals surface area contributed by atoms with Gasteiger partial charge in [-0.05, 0) is 53.7 Å². The fourth-order valence-electron chi connectivity index (χ4n) is 4.09. The van der Waals surface area contributed by atoms with E-state index in [1.807, 2.05) is 0 Å². The monoisotopic (exact) mass is 590 g/mol. The summed E-state index contributed by atoms with van der Waals surface area (Å²) in [5, 5.41) is 15.9. The van der Waals surface area contributed by atoms with Gasteiger partial charge in [0.15, 0.2) is 10.3 Å². The van der Waals surface area contributed by atoms with Gasteiger partial charge in [0.2, 0.25) is 0 Å². The van der Waals surface area contributed by atoms with Crippen LogP contribution >= 0.6 is 51.5 Å². The molecular weight excluding hydrogens is 571 g/mol. The van der Waals surface area contributed by atoms with Crippen LogP contribution in [-0.4, -0.2) is 38.6 Å². The fourth-order valence-corrected chi connectivity index (χ4v) is 5.42. The van der Waals surface area contributed by atoms with Gasteiger partial charge in [0.05, 0.1) is 27.5 Å². The zero-order valence-electron chi connectivity index (χ0n) is 17.8. The number of hydrogen-bond donors (Lipinski definition) is 3. The van der Waals surface area contributed by atoms with Crippen LogP contribution in [0.25, 0.3) is 0 Å². The number of ether oxygens (including phenoxy) is 1. The average Bonchev–Trinajstić information content (AvgIpc) is 2.78. The van der Waals surface area contributed by atoms with Gasteiger partial charge in [0, 0.05) is 24.5 Å². The molecule has 3 heterocycles. The van der Waals surface area contributed by atoms with Gasteiger partial charge in [-0.1, -0.05) is 29.6 Å². The molecule has 2 aliphatic rings. The number of carbonyl (C=O) groups is 2. The van der Waals surface area contributed by atoms with Gasteiger partial charge in [0.25, 0.3) is 5.91 Å². The molecule has 0 bridgehead atoms. The molecule has 34 heavy (non-hydrogen) atoms. The van der Waals surface area contributed by atoms with E-state index in [0.29, 0.717) is 16.0 Å². The van der Waals surface area contributed by atoms with Crippen LogP contribution in [0, 0.1) is 0 Å². The molecule has 0 radical (unpaired) electrons. The number of pyridine rings is 2. The normalized spacial score (nSPS) is 17.1. The number of aromatic nitrogens is 2. The van der Waals surface area contributed by atoms with Crippen molar-refractivity contribution in [3.05, 3.63) is 62.4 Å². The smallest absolute Gasteiger partial charge is 0.326 e. The van der Waals surface area contributed by atoms with Gasteiger partial charge in [-0.3, -0.25) is 14.8 Å². The Morgan fingerprint density at radius 2 is 1.82 bits per heavy atom. The summed E-state index contributed by atoms with van der Waals surface area (Å²) in [4.78, 5) is 32.6. The first-order chi connectivity index (χ1) is 15.8. The molecule has 0 unspecified atom stereocenters. The number of hydrogen-bond acceptors (Lipinski definition) is 6. The number of rotatable bonds is 7. The molecule has 2 aromatic rings. The maximum absolute atomic E-state index is 12.5. The Bertz CT molecular complexity index is 1090. The Morgan fingerprint density at radius 1 is 1.15 bits per heavy atom. The first-order valence-corrected chi connectivity index (χ1v) is 12.0. The van der Waals surface area contributed by atoms with E-state index in [2.05, 4.69) is 36.5 Å². The van der Waals surface area contributed by atoms with Crippen LogP contribution in [0.15, 0.2) is 41.1 Å². The van der Waals surface area contributed by atoms with E-state index in [1.54, 1.807) is 12.1 Å². The van der Waals surface area contributed by atoms with Crippen LogP contribution in [0.1, 0.15) is 48.2 Å². The molecule has 12 heteroatoms. The van der Waals surface area contributed by atoms with Crippen LogP contribution in [0.4, 0.5) is 5.69 Å². The van der Waals surface area contributed by atoms with Crippen molar-refractivity contribution in [3.63, 3.8) is 0 Å². The number of nitrogens with one attached hydrogen (secondary N) is 2. The molecule has 1 aliphatic heterocycles. The molecule has 1 saturated carbocycles. The summed E-state index contributed by atoms with van der Waals surface area (Å²) >= 11 is 15.4. The van der Waals surface area contributed by atoms with Gasteiger partial charge in [-0.15, -0.1) is 12.4 Å². The molecule has 3 N–H and O–H groups in total. The SMILES string of the molecule is Cl.O=C(Nc1ccc(C[C@H](NC2=C(Br)OC23CCCCC3)C(=O)O)nc1)c1c(Cl)cncc1Cl. The molecule has 1 spiro atoms. The lowest BCUT2D eigenvalue weighted by Gasteiger charge is -2.47. The maximum atomic E-state index is 12.5. The number of carbonyl (C=O) groups excluding carboxylic acids is 1. The second kappa shape index (κ2) is 11.1. The molecular formula is C22H22BrCl3N4O4. The average molecular weight is 593 g/mol. The maximum Gasteiger partial charge on any atom is 0.326 e. The number of anilines is 1. The molecule has 4 rings (SSSR count). The third kappa shape index (κ3) is 5.59. The lowest BCUT2D eigenvalue weighted by molar-refractivity contribution is -0.139. The molecule has 1 fully saturated rings. The number of halogens is 4. The van der Waals surface area contributed by atoms with Crippen LogP contribution in [0.2, 0.25) is 10.0 Å². The summed E-state index contributed by atoms with van der Waals surface area (Å²) in [6, 6.07) is 2.43. The number of nitrogens with zero attached hydrogens (tertiary/aromatic N) is 2. The van der Waals surface area contributed by atoms with E-state index in [-0.39, 0.29) is 34.4 Å². The summed E-state index contributed by atoms with van der Waals surface area (Å²) in [5.74, 6) is -1.48. The molecule has 182 valence electrons. The third-order valence-electron chi connectivity index (χ3n) is 5.79. The van der Waals surface area contributed by atoms with E-state index in [9.17, 15) is 14.7 Å². The second-order valence-electron chi connectivity index (χ2n) is 8.02. The predicted octanol–water partition coefficient (Wildman–Crippen LogP) is 5.34. The Morgan fingerprint density at radius 3 is 2.38 bits per heavy atom. The summed E-state index contributed by atoms with van der Waals surface area (Å²) in [6.07, 6.45) is 9.28. The number of aliphatic carboxylic acids is 1. The van der Waals surface area contributed by atoms with Crippen molar-refractivity contribution in [2.75, 3.05) is 5.32 Å². The molecule has 0 aromatic carbocycles. The number of carboxylic acid groups (broad SMARTS) is 1. The highest BCUT2D eigenvalue weighted by molar-refractivity contribution is 9.11. The van der Waals surface area contributed by atoms with Crippen molar-refractivity contribution in [2.45, 2.75) is 50.2 Å². The Balaban J connectivity index is 0.00000324. The zero-order chi connectivity index (χ0) is 23.6. The molecule has 1 amide bonds. The molecule has 2 aromatic heterocycles. The molecule has 8 nitrogen and oxygen atoms in total. The molecule has 1 atom stereocenters. The van der Waals surface area contributed by atoms with Gasteiger partial charge in [-0.25, -0.2) is 4.79 Å². The van der Waals surface area contributed by atoms with E-state index in [1.165, 1.54) is 18.6 Å². The minimum Gasteiger partial charge on any atom is -0.480 e. The zero-order valence-corrected chi connectivity index (χ0v) is 21.7. The van der Waals surface area contributed by atoms with Crippen molar-refractivity contribution in [1.82, 2.24) is 15.3 Å². The standard InChI is InChI=1S/C22H21BrCl2N4O4.ClH/c23-19-18(22(33-19)6-2-1-3-7-22)29-16(21(31)32)8-12-4-5-13(9-27-12)28-20(30)17-14(24)10-26-11-15(17)25;/h4-5,9-11,16,29H,1-3,6-8H2,(H,28,30)(H,31,32);1H/t16-;/m0./s1. The Labute approximate surface area is 221 Å². The van der Waals surface area contributed by atoms with Gasteiger partial charge < -0.3 is 20.5 Å². The van der Waals surface area contributed by atoms with Crippen molar-refractivity contribution >= 4 is 69.1 Å². The van der Waals surface area contributed by atoms with E-state index in [4.69, 9.17) is 27.9 Å². The van der Waals surface area contributed by atoms with Crippen LogP contribution in [0.3, 0.4) is 0 Å². The Kier molecular flexibility index (Phi) is 8.67. The minimum atomic E-state index is -0.984. The van der Waals surface area contributed by atoms with Crippen molar-refractivity contribution in [1.29, 1.82) is 0 Å². The summed E-state index contributed by atoms with van der Waals surface area (Å²) in [6.45, 7) is 0. The quantitative estimate of drug-likeness (QED) is 0.398. The lowest BCUT2D eigenvalue weighted by Crippen LogP contribution is -2.53. The van der Waals surface area contributed by atoms with Gasteiger partial charge in [-0.2, -0.15) is 0 Å². The second-order valence-corrected chi connectivity index (χ2v) is 9.55. The lowest BCUT2D eigenvalue weighted by atomic mass is 9.80. The van der Waals surface area contributed by atoms with E-state index < -0.39 is 23.5 Å². The largest absolute Gasteiger partial charge is 0.480 e. The van der Waals surface area contributed by atoms with Crippen LogP contribution < -0.4 is 10.6 Å². The van der Waals surface area contributed by atoms with Crippen molar-refractivity contribution < 1.29 is 19.4 Å². The third-order valence-corrected chi connectivity index (χ3v) is 6.92. The predicted molar refractivity (Wildman–Crippen MR) is 135 cm³/mol. The summed E-state index contributed by atoms with van der Waals surface area (Å²) < 4.78 is 6.44. The van der Waals surface area contributed by atoms with Gasteiger partial charge >= 0.3 is 5.97 Å². The van der Waals surface area contributed by atoms with E-state index >= 15 is 0 Å². The Hall–Kier alpha value is -2.07. The highest BCUT2D eigenvalue weighted by Gasteiger charge is 2.49. The van der Waals surface area contributed by atoms with E-state index in [0.717, 1.165) is 37.8 Å². The van der Waals surface area contributed by atoms with Crippen LogP contribution in [0.5, 0.6) is 0 Å².